The highest BCUT2D eigenvalue weighted by molar-refractivity contribution is 7.90. The molecule has 1 fully saturated rings. The SMILES string of the molecule is CN=C(NCCCN1CC(C)CC(C)C1)NCc1ccc(S(C)(=O)=O)c(C)c1. The van der Waals surface area contributed by atoms with Gasteiger partial charge in [0.25, 0.3) is 0 Å². The maximum absolute atomic E-state index is 11.7. The minimum atomic E-state index is -3.18. The molecule has 7 heteroatoms. The summed E-state index contributed by atoms with van der Waals surface area (Å²) in [6.45, 7) is 11.5. The lowest BCUT2D eigenvalue weighted by atomic mass is 9.92. The van der Waals surface area contributed by atoms with Gasteiger partial charge in [0.1, 0.15) is 0 Å². The Labute approximate surface area is 170 Å². The molecule has 2 N–H and O–H groups in total. The van der Waals surface area contributed by atoms with E-state index in [1.807, 2.05) is 19.1 Å². The molecule has 28 heavy (non-hydrogen) atoms. The number of aliphatic imine (C=N–C) groups is 1. The number of nitrogens with one attached hydrogen (secondary N) is 2. The van der Waals surface area contributed by atoms with Crippen LogP contribution in [0.1, 0.15) is 37.8 Å². The highest BCUT2D eigenvalue weighted by atomic mass is 32.2. The lowest BCUT2D eigenvalue weighted by Crippen LogP contribution is -2.41. The number of sulfone groups is 1. The molecule has 158 valence electrons. The zero-order valence-corrected chi connectivity index (χ0v) is 18.8. The molecule has 0 aliphatic carbocycles. The van der Waals surface area contributed by atoms with Crippen LogP contribution < -0.4 is 10.6 Å². The van der Waals surface area contributed by atoms with E-state index in [-0.39, 0.29) is 0 Å². The number of benzene rings is 1. The van der Waals surface area contributed by atoms with Crippen LogP contribution in [0.25, 0.3) is 0 Å². The molecule has 0 amide bonds. The molecule has 1 aliphatic rings. The average Bonchev–Trinajstić information content (AvgIpc) is 2.59. The Hall–Kier alpha value is -1.60. The van der Waals surface area contributed by atoms with Gasteiger partial charge in [0.2, 0.25) is 0 Å². The fourth-order valence-corrected chi connectivity index (χ4v) is 5.09. The Bertz CT molecular complexity index is 767. The monoisotopic (exact) mass is 408 g/mol. The van der Waals surface area contributed by atoms with E-state index in [2.05, 4.69) is 34.4 Å². The number of likely N-dealkylation sites (tertiary alicyclic amines) is 1. The van der Waals surface area contributed by atoms with E-state index in [1.54, 1.807) is 13.1 Å². The van der Waals surface area contributed by atoms with Crippen LogP contribution in [-0.4, -0.2) is 58.8 Å². The summed E-state index contributed by atoms with van der Waals surface area (Å²) in [4.78, 5) is 7.24. The molecule has 0 radical (unpaired) electrons. The second kappa shape index (κ2) is 10.3. The van der Waals surface area contributed by atoms with E-state index in [4.69, 9.17) is 0 Å². The predicted molar refractivity (Wildman–Crippen MR) is 116 cm³/mol. The number of rotatable bonds is 7. The Morgan fingerprint density at radius 3 is 2.46 bits per heavy atom. The van der Waals surface area contributed by atoms with E-state index in [9.17, 15) is 8.42 Å². The average molecular weight is 409 g/mol. The lowest BCUT2D eigenvalue weighted by Gasteiger charge is -2.35. The minimum Gasteiger partial charge on any atom is -0.356 e. The predicted octanol–water partition coefficient (Wildman–Crippen LogP) is 2.43. The summed E-state index contributed by atoms with van der Waals surface area (Å²) in [5.74, 6) is 2.36. The maximum atomic E-state index is 11.7. The standard InChI is InChI=1S/C21H36N4O2S/c1-16-11-17(2)15-25(14-16)10-6-9-23-21(22-4)24-13-19-7-8-20(18(3)12-19)28(5,26)27/h7-8,12,16-17H,6,9-11,13-15H2,1-5H3,(H2,22,23,24). The van der Waals surface area contributed by atoms with Crippen LogP contribution in [0.4, 0.5) is 0 Å². The van der Waals surface area contributed by atoms with Gasteiger partial charge in [-0.15, -0.1) is 0 Å². The molecule has 0 saturated carbocycles. The third kappa shape index (κ3) is 7.09. The van der Waals surface area contributed by atoms with Gasteiger partial charge in [-0.2, -0.15) is 0 Å². The quantitative estimate of drug-likeness (QED) is 0.412. The molecule has 2 unspecified atom stereocenters. The van der Waals surface area contributed by atoms with Gasteiger partial charge in [0.15, 0.2) is 15.8 Å². The molecule has 1 aromatic carbocycles. The van der Waals surface area contributed by atoms with Crippen LogP contribution in [-0.2, 0) is 16.4 Å². The van der Waals surface area contributed by atoms with Crippen molar-refractivity contribution < 1.29 is 8.42 Å². The van der Waals surface area contributed by atoms with E-state index in [0.29, 0.717) is 11.4 Å². The summed E-state index contributed by atoms with van der Waals surface area (Å²) in [5, 5.41) is 6.67. The lowest BCUT2D eigenvalue weighted by molar-refractivity contribution is 0.140. The van der Waals surface area contributed by atoms with Gasteiger partial charge in [0, 0.05) is 39.5 Å². The van der Waals surface area contributed by atoms with Crippen molar-refractivity contribution in [3.05, 3.63) is 29.3 Å². The zero-order chi connectivity index (χ0) is 20.7. The number of aryl methyl sites for hydroxylation is 1. The van der Waals surface area contributed by atoms with Crippen molar-refractivity contribution in [1.82, 2.24) is 15.5 Å². The van der Waals surface area contributed by atoms with Crippen molar-refractivity contribution in [2.24, 2.45) is 16.8 Å². The molecule has 0 aromatic heterocycles. The molecular formula is C21H36N4O2S. The van der Waals surface area contributed by atoms with Gasteiger partial charge in [0.05, 0.1) is 4.90 Å². The number of piperidine rings is 1. The molecule has 1 saturated heterocycles. The first-order valence-electron chi connectivity index (χ1n) is 10.2. The smallest absolute Gasteiger partial charge is 0.191 e. The normalized spacial score (nSPS) is 21.5. The highest BCUT2D eigenvalue weighted by Crippen LogP contribution is 2.20. The molecule has 0 bridgehead atoms. The minimum absolute atomic E-state index is 0.389. The van der Waals surface area contributed by atoms with Crippen LogP contribution in [0.15, 0.2) is 28.1 Å². The molecule has 2 atom stereocenters. The first-order chi connectivity index (χ1) is 13.2. The first-order valence-corrected chi connectivity index (χ1v) is 12.0. The molecule has 2 rings (SSSR count). The Morgan fingerprint density at radius 2 is 1.89 bits per heavy atom. The van der Waals surface area contributed by atoms with E-state index in [0.717, 1.165) is 48.4 Å². The van der Waals surface area contributed by atoms with Crippen LogP contribution in [0, 0.1) is 18.8 Å². The van der Waals surface area contributed by atoms with Crippen molar-refractivity contribution in [2.75, 3.05) is 39.5 Å². The van der Waals surface area contributed by atoms with Crippen LogP contribution >= 0.6 is 0 Å². The van der Waals surface area contributed by atoms with Gasteiger partial charge in [-0.3, -0.25) is 4.99 Å². The molecular weight excluding hydrogens is 372 g/mol. The highest BCUT2D eigenvalue weighted by Gasteiger charge is 2.21. The first kappa shape index (κ1) is 22.7. The number of hydrogen-bond donors (Lipinski definition) is 2. The zero-order valence-electron chi connectivity index (χ0n) is 18.0. The summed E-state index contributed by atoms with van der Waals surface area (Å²) in [7, 11) is -1.41. The van der Waals surface area contributed by atoms with E-state index < -0.39 is 9.84 Å². The van der Waals surface area contributed by atoms with Crippen molar-refractivity contribution >= 4 is 15.8 Å². The van der Waals surface area contributed by atoms with E-state index >= 15 is 0 Å². The topological polar surface area (TPSA) is 73.8 Å². The van der Waals surface area contributed by atoms with Crippen LogP contribution in [0.5, 0.6) is 0 Å². The molecule has 1 heterocycles. The molecule has 6 nitrogen and oxygen atoms in total. The summed E-state index contributed by atoms with van der Waals surface area (Å²) >= 11 is 0. The van der Waals surface area contributed by atoms with Gasteiger partial charge in [-0.1, -0.05) is 26.0 Å². The molecule has 0 spiro atoms. The van der Waals surface area contributed by atoms with E-state index in [1.165, 1.54) is 25.8 Å². The third-order valence-electron chi connectivity index (χ3n) is 5.21. The number of guanidine groups is 1. The molecule has 1 aromatic rings. The van der Waals surface area contributed by atoms with Crippen molar-refractivity contribution in [2.45, 2.75) is 45.1 Å². The Kier molecular flexibility index (Phi) is 8.31. The number of hydrogen-bond acceptors (Lipinski definition) is 4. The van der Waals surface area contributed by atoms with Gasteiger partial charge < -0.3 is 15.5 Å². The van der Waals surface area contributed by atoms with Crippen LogP contribution in [0.3, 0.4) is 0 Å². The fraction of sp³-hybridized carbons (Fsp3) is 0.667. The Balaban J connectivity index is 1.75. The van der Waals surface area contributed by atoms with Crippen molar-refractivity contribution in [3.63, 3.8) is 0 Å². The van der Waals surface area contributed by atoms with Crippen molar-refractivity contribution in [1.29, 1.82) is 0 Å². The summed E-state index contributed by atoms with van der Waals surface area (Å²) < 4.78 is 23.5. The third-order valence-corrected chi connectivity index (χ3v) is 6.47. The second-order valence-electron chi connectivity index (χ2n) is 8.28. The second-order valence-corrected chi connectivity index (χ2v) is 10.3. The summed E-state index contributed by atoms with van der Waals surface area (Å²) in [6, 6.07) is 5.44. The Morgan fingerprint density at radius 1 is 1.21 bits per heavy atom. The van der Waals surface area contributed by atoms with Gasteiger partial charge >= 0.3 is 0 Å². The number of nitrogens with zero attached hydrogens (tertiary/aromatic N) is 2. The van der Waals surface area contributed by atoms with Gasteiger partial charge in [-0.25, -0.2) is 8.42 Å². The fourth-order valence-electron chi connectivity index (χ4n) is 4.13. The summed E-state index contributed by atoms with van der Waals surface area (Å²) in [5.41, 5.74) is 1.80. The van der Waals surface area contributed by atoms with Gasteiger partial charge in [-0.05, 0) is 55.3 Å². The van der Waals surface area contributed by atoms with Crippen molar-refractivity contribution in [3.8, 4) is 0 Å². The largest absolute Gasteiger partial charge is 0.356 e. The maximum Gasteiger partial charge on any atom is 0.191 e. The summed E-state index contributed by atoms with van der Waals surface area (Å²) in [6.07, 6.45) is 3.67. The van der Waals surface area contributed by atoms with Crippen LogP contribution in [0.2, 0.25) is 0 Å². The molecule has 1 aliphatic heterocycles.